The Morgan fingerprint density at radius 2 is 1.87 bits per heavy atom. The van der Waals surface area contributed by atoms with Gasteiger partial charge < -0.3 is 15.5 Å². The van der Waals surface area contributed by atoms with E-state index in [-0.39, 0.29) is 29.3 Å². The molecule has 1 unspecified atom stereocenters. The maximum absolute atomic E-state index is 13.2. The summed E-state index contributed by atoms with van der Waals surface area (Å²) in [5, 5.41) is 5.57. The lowest BCUT2D eigenvalue weighted by Gasteiger charge is -2.48. The Labute approximate surface area is 184 Å². The first kappa shape index (κ1) is 20.9. The summed E-state index contributed by atoms with van der Waals surface area (Å²) < 4.78 is 0. The summed E-state index contributed by atoms with van der Waals surface area (Å²) in [4.78, 5) is 52.9. The molecule has 2 heterocycles. The number of para-hydroxylation sites is 1. The smallest absolute Gasteiger partial charge is 0.258 e. The second kappa shape index (κ2) is 7.70. The number of carbonyl (C=O) groups is 4. The Hall–Kier alpha value is -3.39. The first-order chi connectivity index (χ1) is 14.7. The number of carbonyl (C=O) groups excluding carboxylic acids is 4. The van der Waals surface area contributed by atoms with Gasteiger partial charge in [0.25, 0.3) is 5.91 Å². The Kier molecular flexibility index (Phi) is 5.18. The number of rotatable bonds is 4. The van der Waals surface area contributed by atoms with Crippen molar-refractivity contribution in [2.24, 2.45) is 0 Å². The molecule has 0 radical (unpaired) electrons. The lowest BCUT2D eigenvalue weighted by atomic mass is 9.98. The van der Waals surface area contributed by atoms with Crippen LogP contribution in [0.5, 0.6) is 0 Å². The quantitative estimate of drug-likeness (QED) is 0.762. The number of nitrogens with one attached hydrogen (secondary N) is 2. The third-order valence-electron chi connectivity index (χ3n) is 5.61. The summed E-state index contributed by atoms with van der Waals surface area (Å²) in [5.41, 5.74) is 0.909. The van der Waals surface area contributed by atoms with Gasteiger partial charge in [0.15, 0.2) is 0 Å². The van der Waals surface area contributed by atoms with E-state index in [0.717, 1.165) is 0 Å². The minimum Gasteiger partial charge on any atom is -0.326 e. The molecule has 0 spiro atoms. The van der Waals surface area contributed by atoms with Crippen LogP contribution in [0.1, 0.15) is 37.0 Å². The van der Waals surface area contributed by atoms with E-state index in [2.05, 4.69) is 10.6 Å². The molecule has 2 N–H and O–H groups in total. The molecular weight excluding hydrogens is 420 g/mol. The maximum atomic E-state index is 13.2. The highest BCUT2D eigenvalue weighted by Crippen LogP contribution is 2.43. The van der Waals surface area contributed by atoms with Crippen LogP contribution in [0, 0.1) is 0 Å². The van der Waals surface area contributed by atoms with Crippen molar-refractivity contribution in [3.05, 3.63) is 53.1 Å². The average Bonchev–Trinajstić information content (AvgIpc) is 3.02. The lowest BCUT2D eigenvalue weighted by molar-refractivity contribution is -0.120. The Balaban J connectivity index is 1.58. The van der Waals surface area contributed by atoms with Crippen LogP contribution in [0.3, 0.4) is 0 Å². The summed E-state index contributed by atoms with van der Waals surface area (Å²) in [5.74, 6) is -1.06. The first-order valence-electron chi connectivity index (χ1n) is 9.82. The van der Waals surface area contributed by atoms with E-state index in [9.17, 15) is 19.2 Å². The summed E-state index contributed by atoms with van der Waals surface area (Å²) in [6.45, 7) is 2.94. The molecular formula is C22H21ClN4O4. The molecule has 0 saturated carbocycles. The molecule has 2 aliphatic heterocycles. The zero-order valence-corrected chi connectivity index (χ0v) is 17.8. The van der Waals surface area contributed by atoms with Gasteiger partial charge in [0, 0.05) is 19.0 Å². The number of fused-ring (bicyclic) bond motifs is 3. The summed E-state index contributed by atoms with van der Waals surface area (Å²) >= 11 is 6.23. The van der Waals surface area contributed by atoms with Gasteiger partial charge in [-0.3, -0.25) is 24.1 Å². The average molecular weight is 441 g/mol. The van der Waals surface area contributed by atoms with Crippen molar-refractivity contribution in [3.63, 3.8) is 0 Å². The van der Waals surface area contributed by atoms with Gasteiger partial charge in [0.1, 0.15) is 12.2 Å². The van der Waals surface area contributed by atoms with Crippen molar-refractivity contribution < 1.29 is 19.2 Å². The van der Waals surface area contributed by atoms with Crippen LogP contribution in [-0.2, 0) is 14.4 Å². The van der Waals surface area contributed by atoms with Crippen LogP contribution in [0.4, 0.5) is 17.1 Å². The first-order valence-corrected chi connectivity index (χ1v) is 10.2. The van der Waals surface area contributed by atoms with Gasteiger partial charge in [-0.15, -0.1) is 0 Å². The number of benzene rings is 2. The van der Waals surface area contributed by atoms with Crippen molar-refractivity contribution in [1.82, 2.24) is 4.90 Å². The fraction of sp³-hybridized carbons (Fsp3) is 0.273. The molecule has 2 aromatic carbocycles. The maximum Gasteiger partial charge on any atom is 0.258 e. The second-order valence-corrected chi connectivity index (χ2v) is 8.19. The normalized spacial score (nSPS) is 19.7. The lowest BCUT2D eigenvalue weighted by Crippen LogP contribution is -2.63. The number of nitrogens with zero attached hydrogens (tertiary/aromatic N) is 2. The van der Waals surface area contributed by atoms with Crippen LogP contribution < -0.4 is 15.5 Å². The van der Waals surface area contributed by atoms with Crippen LogP contribution in [0.2, 0.25) is 5.02 Å². The fourth-order valence-corrected chi connectivity index (χ4v) is 4.40. The number of halogens is 1. The largest absolute Gasteiger partial charge is 0.326 e. The molecule has 4 rings (SSSR count). The van der Waals surface area contributed by atoms with Crippen molar-refractivity contribution in [2.45, 2.75) is 32.4 Å². The standard InChI is InChI=1S/C22H21ClN4O4/c1-13(28)24-14-7-8-17(16(23)11-14)25-19(29)12-26-21(31)15-5-3-4-6-18(15)27-20(30)9-10-22(26,27)2/h3-8,11H,9-10,12H2,1-2H3,(H,24,28)(H,25,29). The van der Waals surface area contributed by atoms with Crippen molar-refractivity contribution in [1.29, 1.82) is 0 Å². The minimum atomic E-state index is -0.918. The van der Waals surface area contributed by atoms with E-state index in [1.54, 1.807) is 48.2 Å². The summed E-state index contributed by atoms with van der Waals surface area (Å²) in [6.07, 6.45) is 0.734. The molecule has 160 valence electrons. The monoisotopic (exact) mass is 440 g/mol. The topological polar surface area (TPSA) is 98.8 Å². The van der Waals surface area contributed by atoms with Gasteiger partial charge in [-0.2, -0.15) is 0 Å². The van der Waals surface area contributed by atoms with Crippen LogP contribution in [-0.4, -0.2) is 40.7 Å². The SMILES string of the molecule is CC(=O)Nc1ccc(NC(=O)CN2C(=O)c3ccccc3N3C(=O)CCC23C)c(Cl)c1. The van der Waals surface area contributed by atoms with Crippen molar-refractivity contribution in [3.8, 4) is 0 Å². The van der Waals surface area contributed by atoms with Gasteiger partial charge in [-0.05, 0) is 43.7 Å². The van der Waals surface area contributed by atoms with Crippen molar-refractivity contribution in [2.75, 3.05) is 22.1 Å². The Morgan fingerprint density at radius 1 is 1.13 bits per heavy atom. The predicted molar refractivity (Wildman–Crippen MR) is 117 cm³/mol. The number of hydrogen-bond acceptors (Lipinski definition) is 4. The van der Waals surface area contributed by atoms with E-state index in [0.29, 0.717) is 35.5 Å². The molecule has 1 fully saturated rings. The van der Waals surface area contributed by atoms with Gasteiger partial charge >= 0.3 is 0 Å². The van der Waals surface area contributed by atoms with E-state index >= 15 is 0 Å². The van der Waals surface area contributed by atoms with Crippen molar-refractivity contribution >= 4 is 52.3 Å². The van der Waals surface area contributed by atoms with Crippen LogP contribution in [0.15, 0.2) is 42.5 Å². The molecule has 1 atom stereocenters. The highest BCUT2D eigenvalue weighted by atomic mass is 35.5. The van der Waals surface area contributed by atoms with Gasteiger partial charge in [-0.1, -0.05) is 23.7 Å². The van der Waals surface area contributed by atoms with E-state index in [1.165, 1.54) is 17.9 Å². The van der Waals surface area contributed by atoms with E-state index < -0.39 is 11.6 Å². The second-order valence-electron chi connectivity index (χ2n) is 7.78. The molecule has 2 aromatic rings. The van der Waals surface area contributed by atoms with Crippen LogP contribution >= 0.6 is 11.6 Å². The molecule has 31 heavy (non-hydrogen) atoms. The number of amides is 4. The summed E-state index contributed by atoms with van der Waals surface area (Å²) in [6, 6.07) is 11.6. The molecule has 8 nitrogen and oxygen atoms in total. The molecule has 9 heteroatoms. The molecule has 0 bridgehead atoms. The van der Waals surface area contributed by atoms with E-state index in [1.807, 2.05) is 0 Å². The fourth-order valence-electron chi connectivity index (χ4n) is 4.17. The molecule has 0 aromatic heterocycles. The molecule has 1 saturated heterocycles. The van der Waals surface area contributed by atoms with Crippen LogP contribution in [0.25, 0.3) is 0 Å². The number of anilines is 3. The zero-order chi connectivity index (χ0) is 22.3. The number of hydrogen-bond donors (Lipinski definition) is 2. The van der Waals surface area contributed by atoms with E-state index in [4.69, 9.17) is 11.6 Å². The summed E-state index contributed by atoms with van der Waals surface area (Å²) in [7, 11) is 0. The van der Waals surface area contributed by atoms with Gasteiger partial charge in [0.2, 0.25) is 17.7 Å². The van der Waals surface area contributed by atoms with Gasteiger partial charge in [-0.25, -0.2) is 0 Å². The highest BCUT2D eigenvalue weighted by Gasteiger charge is 2.53. The molecule has 0 aliphatic carbocycles. The third-order valence-corrected chi connectivity index (χ3v) is 5.92. The Bertz CT molecular complexity index is 1120. The Morgan fingerprint density at radius 3 is 2.58 bits per heavy atom. The molecule has 4 amide bonds. The highest BCUT2D eigenvalue weighted by molar-refractivity contribution is 6.34. The third kappa shape index (κ3) is 3.63. The molecule has 2 aliphatic rings. The predicted octanol–water partition coefficient (Wildman–Crippen LogP) is 3.24. The van der Waals surface area contributed by atoms with Gasteiger partial charge in [0.05, 0.1) is 22.0 Å². The minimum absolute atomic E-state index is 0.0792. The zero-order valence-electron chi connectivity index (χ0n) is 17.1.